The number of carbonyl (C=O) groups is 2. The number of Topliss-reactive ketones (excluding diaryl/α,β-unsaturated/α-hetero) is 1. The molecule has 0 aliphatic carbocycles. The third-order valence-corrected chi connectivity index (χ3v) is 4.00. The van der Waals surface area contributed by atoms with E-state index in [4.69, 9.17) is 14.2 Å². The summed E-state index contributed by atoms with van der Waals surface area (Å²) >= 11 is 0. The number of ketones is 1. The highest BCUT2D eigenvalue weighted by Gasteiger charge is 2.41. The number of aliphatic hydroxyl groups is 1. The first-order valence-electron chi connectivity index (χ1n) is 8.06. The Morgan fingerprint density at radius 3 is 2.38 bits per heavy atom. The van der Waals surface area contributed by atoms with Crippen LogP contribution in [0.25, 0.3) is 0 Å². The van der Waals surface area contributed by atoms with Gasteiger partial charge in [0, 0.05) is 12.8 Å². The van der Waals surface area contributed by atoms with E-state index in [9.17, 15) is 14.7 Å². The molecule has 24 heavy (non-hydrogen) atoms. The fourth-order valence-electron chi connectivity index (χ4n) is 2.70. The second-order valence-electron chi connectivity index (χ2n) is 6.33. The van der Waals surface area contributed by atoms with Crippen molar-refractivity contribution < 1.29 is 28.9 Å². The summed E-state index contributed by atoms with van der Waals surface area (Å²) in [5, 5.41) is 10.1. The van der Waals surface area contributed by atoms with Crippen molar-refractivity contribution in [3.63, 3.8) is 0 Å². The molecule has 1 aliphatic heterocycles. The molecule has 1 aromatic rings. The second-order valence-corrected chi connectivity index (χ2v) is 6.33. The Labute approximate surface area is 141 Å². The zero-order chi connectivity index (χ0) is 17.7. The third-order valence-electron chi connectivity index (χ3n) is 4.00. The summed E-state index contributed by atoms with van der Waals surface area (Å²) in [4.78, 5) is 23.6. The second kappa shape index (κ2) is 7.88. The normalized spacial score (nSPS) is 27.7. The summed E-state index contributed by atoms with van der Waals surface area (Å²) in [7, 11) is 0. The van der Waals surface area contributed by atoms with Gasteiger partial charge in [0.15, 0.2) is 5.79 Å². The van der Waals surface area contributed by atoms with Gasteiger partial charge in [0.25, 0.3) is 0 Å². The van der Waals surface area contributed by atoms with Crippen molar-refractivity contribution in [1.82, 2.24) is 0 Å². The van der Waals surface area contributed by atoms with Crippen LogP contribution in [0.15, 0.2) is 30.3 Å². The maximum absolute atomic E-state index is 11.9. The number of benzene rings is 1. The standard InChI is InChI=1S/C18H24O6/c1-12-13(2)24-18(3,23-12)10-15(19)9-16(20)17(21)22-11-14-7-5-4-6-8-14/h4-8,12-13,15,19H,9-11H2,1-3H3/t12?,13?,15-,18?/m0/s1. The maximum atomic E-state index is 11.9. The molecular weight excluding hydrogens is 312 g/mol. The van der Waals surface area contributed by atoms with Crippen LogP contribution >= 0.6 is 0 Å². The predicted octanol–water partition coefficient (Wildman–Crippen LogP) is 1.98. The highest BCUT2D eigenvalue weighted by molar-refractivity contribution is 6.33. The van der Waals surface area contributed by atoms with Gasteiger partial charge in [0.05, 0.1) is 18.3 Å². The van der Waals surface area contributed by atoms with Gasteiger partial charge in [-0.2, -0.15) is 0 Å². The molecule has 1 aromatic carbocycles. The quantitative estimate of drug-likeness (QED) is 0.606. The predicted molar refractivity (Wildman–Crippen MR) is 86.0 cm³/mol. The summed E-state index contributed by atoms with van der Waals surface area (Å²) in [5.41, 5.74) is 0.794. The van der Waals surface area contributed by atoms with E-state index in [1.165, 1.54) is 0 Å². The van der Waals surface area contributed by atoms with Gasteiger partial charge in [0.2, 0.25) is 5.78 Å². The van der Waals surface area contributed by atoms with E-state index in [1.54, 1.807) is 19.1 Å². The zero-order valence-corrected chi connectivity index (χ0v) is 14.2. The lowest BCUT2D eigenvalue weighted by Crippen LogP contribution is -2.34. The van der Waals surface area contributed by atoms with Crippen LogP contribution in [0.3, 0.4) is 0 Å². The van der Waals surface area contributed by atoms with E-state index in [1.807, 2.05) is 32.0 Å². The lowest BCUT2D eigenvalue weighted by molar-refractivity contribution is -0.179. The third kappa shape index (κ3) is 5.12. The number of carbonyl (C=O) groups excluding carboxylic acids is 2. The van der Waals surface area contributed by atoms with Gasteiger partial charge in [-0.15, -0.1) is 0 Å². The fourth-order valence-corrected chi connectivity index (χ4v) is 2.70. The molecule has 0 saturated carbocycles. The minimum absolute atomic E-state index is 0.0282. The average Bonchev–Trinajstić information content (AvgIpc) is 2.77. The molecule has 6 nitrogen and oxygen atoms in total. The van der Waals surface area contributed by atoms with Crippen LogP contribution in [0.1, 0.15) is 39.2 Å². The van der Waals surface area contributed by atoms with Gasteiger partial charge >= 0.3 is 5.97 Å². The lowest BCUT2D eigenvalue weighted by Gasteiger charge is -2.25. The van der Waals surface area contributed by atoms with Crippen LogP contribution in [0, 0.1) is 0 Å². The number of rotatable bonds is 7. The van der Waals surface area contributed by atoms with Gasteiger partial charge in [-0.1, -0.05) is 30.3 Å². The number of ether oxygens (including phenoxy) is 3. The first-order valence-corrected chi connectivity index (χ1v) is 8.06. The van der Waals surface area contributed by atoms with Gasteiger partial charge in [-0.05, 0) is 26.3 Å². The van der Waals surface area contributed by atoms with Crippen molar-refractivity contribution in [3.8, 4) is 0 Å². The Morgan fingerprint density at radius 2 is 1.79 bits per heavy atom. The van der Waals surface area contributed by atoms with Crippen molar-refractivity contribution in [1.29, 1.82) is 0 Å². The Hall–Kier alpha value is -1.76. The van der Waals surface area contributed by atoms with Gasteiger partial charge in [-0.3, -0.25) is 4.79 Å². The summed E-state index contributed by atoms with van der Waals surface area (Å²) in [6.07, 6.45) is -1.43. The molecule has 1 fully saturated rings. The topological polar surface area (TPSA) is 82.1 Å². The van der Waals surface area contributed by atoms with Crippen molar-refractivity contribution in [2.45, 2.75) is 64.3 Å². The molecule has 1 N–H and O–H groups in total. The van der Waals surface area contributed by atoms with Crippen molar-refractivity contribution in [2.75, 3.05) is 0 Å². The Kier molecular flexibility index (Phi) is 6.10. The fraction of sp³-hybridized carbons (Fsp3) is 0.556. The Bertz CT molecular complexity index is 560. The minimum Gasteiger partial charge on any atom is -0.455 e. The molecule has 2 unspecified atom stereocenters. The van der Waals surface area contributed by atoms with E-state index in [2.05, 4.69) is 0 Å². The molecule has 1 aliphatic rings. The number of hydrogen-bond acceptors (Lipinski definition) is 6. The van der Waals surface area contributed by atoms with E-state index >= 15 is 0 Å². The highest BCUT2D eigenvalue weighted by Crippen LogP contribution is 2.32. The molecule has 0 radical (unpaired) electrons. The van der Waals surface area contributed by atoms with E-state index in [0.29, 0.717) is 0 Å². The van der Waals surface area contributed by atoms with Crippen LogP contribution in [0.2, 0.25) is 0 Å². The largest absolute Gasteiger partial charge is 0.455 e. The van der Waals surface area contributed by atoms with Crippen LogP contribution in [-0.2, 0) is 30.4 Å². The molecule has 3 atom stereocenters. The monoisotopic (exact) mass is 336 g/mol. The van der Waals surface area contributed by atoms with E-state index in [0.717, 1.165) is 5.56 Å². The van der Waals surface area contributed by atoms with E-state index in [-0.39, 0.29) is 31.7 Å². The zero-order valence-electron chi connectivity index (χ0n) is 14.2. The molecule has 132 valence electrons. The maximum Gasteiger partial charge on any atom is 0.375 e. The average molecular weight is 336 g/mol. The first kappa shape index (κ1) is 18.6. The number of esters is 1. The smallest absolute Gasteiger partial charge is 0.375 e. The minimum atomic E-state index is -1.04. The summed E-state index contributed by atoms with van der Waals surface area (Å²) < 4.78 is 16.3. The molecule has 0 bridgehead atoms. The molecule has 2 rings (SSSR count). The van der Waals surface area contributed by atoms with E-state index < -0.39 is 23.6 Å². The Balaban J connectivity index is 1.77. The van der Waals surface area contributed by atoms with Crippen LogP contribution in [0.5, 0.6) is 0 Å². The van der Waals surface area contributed by atoms with Gasteiger partial charge in [0.1, 0.15) is 6.61 Å². The molecule has 0 amide bonds. The summed E-state index contributed by atoms with van der Waals surface area (Å²) in [5.74, 6) is -2.66. The number of hydrogen-bond donors (Lipinski definition) is 1. The lowest BCUT2D eigenvalue weighted by atomic mass is 10.0. The van der Waals surface area contributed by atoms with Gasteiger partial charge < -0.3 is 19.3 Å². The molecule has 1 heterocycles. The summed E-state index contributed by atoms with van der Waals surface area (Å²) in [6, 6.07) is 9.08. The van der Waals surface area contributed by atoms with Gasteiger partial charge in [-0.25, -0.2) is 4.79 Å². The van der Waals surface area contributed by atoms with Crippen LogP contribution < -0.4 is 0 Å². The molecular formula is C18H24O6. The van der Waals surface area contributed by atoms with Crippen LogP contribution in [-0.4, -0.2) is 41.0 Å². The SMILES string of the molecule is CC1OC(C)(C[C@@H](O)CC(=O)C(=O)OCc2ccccc2)OC1C. The molecule has 0 spiro atoms. The van der Waals surface area contributed by atoms with Crippen LogP contribution in [0.4, 0.5) is 0 Å². The van der Waals surface area contributed by atoms with Crippen molar-refractivity contribution in [2.24, 2.45) is 0 Å². The highest BCUT2D eigenvalue weighted by atomic mass is 16.8. The Morgan fingerprint density at radius 1 is 1.21 bits per heavy atom. The summed E-state index contributed by atoms with van der Waals surface area (Å²) in [6.45, 7) is 5.51. The van der Waals surface area contributed by atoms with Crippen molar-refractivity contribution >= 4 is 11.8 Å². The molecule has 1 saturated heterocycles. The van der Waals surface area contributed by atoms with Crippen molar-refractivity contribution in [3.05, 3.63) is 35.9 Å². The molecule has 6 heteroatoms. The number of aliphatic hydroxyl groups excluding tert-OH is 1. The molecule has 0 aromatic heterocycles. The first-order chi connectivity index (χ1) is 11.3.